The normalized spacial score (nSPS) is 14.1. The molecule has 0 radical (unpaired) electrons. The molecule has 2 aromatic carbocycles. The summed E-state index contributed by atoms with van der Waals surface area (Å²) in [6.45, 7) is 0. The van der Waals surface area contributed by atoms with Crippen molar-refractivity contribution in [2.45, 2.75) is 0 Å². The number of aromatic amines is 1. The molecule has 1 aromatic heterocycles. The van der Waals surface area contributed by atoms with Crippen molar-refractivity contribution in [1.29, 1.82) is 0 Å². The van der Waals surface area contributed by atoms with Crippen molar-refractivity contribution in [2.75, 3.05) is 19.5 Å². The molecule has 1 aliphatic rings. The van der Waals surface area contributed by atoms with Gasteiger partial charge in [0.2, 0.25) is 0 Å². The number of nitrogens with zero attached hydrogens (tertiary/aromatic N) is 2. The van der Waals surface area contributed by atoms with Crippen LogP contribution in [0.5, 0.6) is 11.5 Å². The summed E-state index contributed by atoms with van der Waals surface area (Å²) in [7, 11) is 3.24. The van der Waals surface area contributed by atoms with Gasteiger partial charge in [0.1, 0.15) is 23.0 Å². The molecule has 3 aromatic rings. The van der Waals surface area contributed by atoms with E-state index in [4.69, 9.17) is 9.47 Å². The van der Waals surface area contributed by atoms with Gasteiger partial charge in [-0.05, 0) is 42.5 Å². The Hall–Kier alpha value is -3.65. The van der Waals surface area contributed by atoms with Crippen LogP contribution in [0.1, 0.15) is 10.4 Å². The molecule has 7 nitrogen and oxygen atoms in total. The molecule has 1 aliphatic heterocycles. The van der Waals surface area contributed by atoms with E-state index < -0.39 is 0 Å². The second-order valence-electron chi connectivity index (χ2n) is 6.13. The van der Waals surface area contributed by atoms with Gasteiger partial charge in [-0.3, -0.25) is 9.78 Å². The lowest BCUT2D eigenvalue weighted by molar-refractivity contribution is 0.414. The van der Waals surface area contributed by atoms with Crippen LogP contribution in [0.25, 0.3) is 6.08 Å². The minimum Gasteiger partial charge on any atom is -0.497 e. The molecule has 0 bridgehead atoms. The molecule has 0 saturated heterocycles. The summed E-state index contributed by atoms with van der Waals surface area (Å²) >= 11 is 1.12. The number of hydrogen-bond acceptors (Lipinski definition) is 7. The highest BCUT2D eigenvalue weighted by Crippen LogP contribution is 2.27. The third-order valence-electron chi connectivity index (χ3n) is 4.29. The Bertz CT molecular complexity index is 1170. The van der Waals surface area contributed by atoms with Gasteiger partial charge in [0.25, 0.3) is 0 Å². The van der Waals surface area contributed by atoms with Gasteiger partial charge in [-0.25, -0.2) is 0 Å². The van der Waals surface area contributed by atoms with Gasteiger partial charge < -0.3 is 14.8 Å². The minimum atomic E-state index is -0.153. The SMILES string of the molecule is COc1ccc(C2=NN=C/C2=C/c2sc(=O)[nH]c2Nc2cccc(OC)c2)cc1. The fourth-order valence-electron chi connectivity index (χ4n) is 2.87. The van der Waals surface area contributed by atoms with E-state index in [0.717, 1.165) is 50.2 Å². The molecule has 0 aliphatic carbocycles. The second-order valence-corrected chi connectivity index (χ2v) is 7.15. The Kier molecular flexibility index (Phi) is 5.26. The maximum Gasteiger partial charge on any atom is 0.306 e. The summed E-state index contributed by atoms with van der Waals surface area (Å²) < 4.78 is 10.5. The molecule has 2 heterocycles. The van der Waals surface area contributed by atoms with Crippen molar-refractivity contribution in [3.8, 4) is 11.5 Å². The number of methoxy groups -OCH3 is 2. The molecule has 4 rings (SSSR count). The van der Waals surface area contributed by atoms with Crippen molar-refractivity contribution in [2.24, 2.45) is 10.2 Å². The lowest BCUT2D eigenvalue weighted by atomic mass is 10.0. The van der Waals surface area contributed by atoms with Crippen molar-refractivity contribution < 1.29 is 9.47 Å². The molecular formula is C21H18N4O3S. The van der Waals surface area contributed by atoms with E-state index in [9.17, 15) is 4.79 Å². The van der Waals surface area contributed by atoms with Crippen LogP contribution in [0.2, 0.25) is 0 Å². The van der Waals surface area contributed by atoms with Gasteiger partial charge in [0.05, 0.1) is 25.3 Å². The molecule has 0 saturated carbocycles. The first-order valence-corrected chi connectivity index (χ1v) is 9.59. The van der Waals surface area contributed by atoms with E-state index in [1.54, 1.807) is 20.4 Å². The quantitative estimate of drug-likeness (QED) is 0.646. The summed E-state index contributed by atoms with van der Waals surface area (Å²) in [5, 5.41) is 11.5. The Balaban J connectivity index is 1.64. The molecule has 0 amide bonds. The summed E-state index contributed by atoms with van der Waals surface area (Å²) in [6.07, 6.45) is 3.57. The molecule has 0 spiro atoms. The Morgan fingerprint density at radius 1 is 1.07 bits per heavy atom. The van der Waals surface area contributed by atoms with E-state index in [-0.39, 0.29) is 4.87 Å². The number of nitrogens with one attached hydrogen (secondary N) is 2. The highest BCUT2D eigenvalue weighted by atomic mass is 32.1. The van der Waals surface area contributed by atoms with E-state index in [0.29, 0.717) is 5.82 Å². The second kappa shape index (κ2) is 8.15. The highest BCUT2D eigenvalue weighted by molar-refractivity contribution is 7.10. The average Bonchev–Trinajstić information content (AvgIpc) is 3.34. The summed E-state index contributed by atoms with van der Waals surface area (Å²) in [5.74, 6) is 2.10. The highest BCUT2D eigenvalue weighted by Gasteiger charge is 2.16. The van der Waals surface area contributed by atoms with Gasteiger partial charge in [0, 0.05) is 22.9 Å². The zero-order chi connectivity index (χ0) is 20.2. The van der Waals surface area contributed by atoms with E-state index in [1.807, 2.05) is 54.6 Å². The zero-order valence-corrected chi connectivity index (χ0v) is 16.6. The predicted molar refractivity (Wildman–Crippen MR) is 117 cm³/mol. The number of ether oxygens (including phenoxy) is 2. The van der Waals surface area contributed by atoms with Crippen LogP contribution in [0.15, 0.2) is 69.1 Å². The first-order chi connectivity index (χ1) is 14.2. The Labute approximate surface area is 171 Å². The van der Waals surface area contributed by atoms with Crippen LogP contribution in [0.3, 0.4) is 0 Å². The lowest BCUT2D eigenvalue weighted by Crippen LogP contribution is -2.02. The van der Waals surface area contributed by atoms with Gasteiger partial charge in [-0.1, -0.05) is 17.4 Å². The van der Waals surface area contributed by atoms with Crippen molar-refractivity contribution in [3.63, 3.8) is 0 Å². The van der Waals surface area contributed by atoms with Gasteiger partial charge in [-0.15, -0.1) is 5.10 Å². The van der Waals surface area contributed by atoms with Crippen molar-refractivity contribution in [1.82, 2.24) is 4.98 Å². The number of H-pyrrole nitrogens is 1. The van der Waals surface area contributed by atoms with Crippen LogP contribution in [0, 0.1) is 0 Å². The maximum atomic E-state index is 12.0. The maximum absolute atomic E-state index is 12.0. The summed E-state index contributed by atoms with van der Waals surface area (Å²) in [6, 6.07) is 15.1. The number of thiazole rings is 1. The number of hydrogen-bond donors (Lipinski definition) is 2. The zero-order valence-electron chi connectivity index (χ0n) is 15.8. The molecule has 0 fully saturated rings. The Morgan fingerprint density at radius 3 is 2.62 bits per heavy atom. The molecule has 0 unspecified atom stereocenters. The average molecular weight is 406 g/mol. The first-order valence-electron chi connectivity index (χ1n) is 8.78. The van der Waals surface area contributed by atoms with E-state index in [1.165, 1.54) is 0 Å². The van der Waals surface area contributed by atoms with Crippen LogP contribution in [-0.2, 0) is 0 Å². The van der Waals surface area contributed by atoms with Gasteiger partial charge in [0.15, 0.2) is 0 Å². The third kappa shape index (κ3) is 4.12. The fourth-order valence-corrected chi connectivity index (χ4v) is 3.61. The van der Waals surface area contributed by atoms with Crippen molar-refractivity contribution >= 4 is 40.8 Å². The van der Waals surface area contributed by atoms with Crippen LogP contribution >= 0.6 is 11.3 Å². The monoisotopic (exact) mass is 406 g/mol. The topological polar surface area (TPSA) is 88.1 Å². The molecule has 8 heteroatoms. The lowest BCUT2D eigenvalue weighted by Gasteiger charge is -2.08. The standard InChI is InChI=1S/C21H18N4O3S/c1-27-16-8-6-13(7-9-16)19-14(12-22-25-19)10-18-20(24-21(26)29-18)23-15-4-3-5-17(11-15)28-2/h3-12,23H,1-2H3,(H,24,26)/b14-10-. The molecule has 2 N–H and O–H groups in total. The van der Waals surface area contributed by atoms with Crippen LogP contribution in [-0.4, -0.2) is 31.1 Å². The van der Waals surface area contributed by atoms with E-state index >= 15 is 0 Å². The number of aromatic nitrogens is 1. The van der Waals surface area contributed by atoms with E-state index in [2.05, 4.69) is 20.5 Å². The fraction of sp³-hybridized carbons (Fsp3) is 0.0952. The predicted octanol–water partition coefficient (Wildman–Crippen LogP) is 4.07. The number of allylic oxidation sites excluding steroid dienone is 1. The molecule has 0 atom stereocenters. The smallest absolute Gasteiger partial charge is 0.306 e. The molecule has 146 valence electrons. The van der Waals surface area contributed by atoms with Gasteiger partial charge in [-0.2, -0.15) is 5.10 Å². The van der Waals surface area contributed by atoms with Crippen LogP contribution in [0.4, 0.5) is 11.5 Å². The number of benzene rings is 2. The molecular weight excluding hydrogens is 388 g/mol. The molecule has 29 heavy (non-hydrogen) atoms. The van der Waals surface area contributed by atoms with Crippen molar-refractivity contribution in [3.05, 3.63) is 74.2 Å². The largest absolute Gasteiger partial charge is 0.497 e. The summed E-state index contributed by atoms with van der Waals surface area (Å²) in [4.78, 5) is 15.5. The summed E-state index contributed by atoms with van der Waals surface area (Å²) in [5.41, 5.74) is 3.28. The minimum absolute atomic E-state index is 0.153. The Morgan fingerprint density at radius 2 is 1.86 bits per heavy atom. The third-order valence-corrected chi connectivity index (χ3v) is 5.12. The van der Waals surface area contributed by atoms with Crippen LogP contribution < -0.4 is 19.7 Å². The first kappa shape index (κ1) is 18.7. The number of anilines is 2. The number of rotatable bonds is 6. The van der Waals surface area contributed by atoms with Gasteiger partial charge >= 0.3 is 4.87 Å².